The summed E-state index contributed by atoms with van der Waals surface area (Å²) < 4.78 is 6.41. The van der Waals surface area contributed by atoms with E-state index in [9.17, 15) is 14.4 Å². The quantitative estimate of drug-likeness (QED) is 0.814. The Morgan fingerprint density at radius 2 is 1.93 bits per heavy atom. The van der Waals surface area contributed by atoms with Crippen molar-refractivity contribution in [3.05, 3.63) is 40.3 Å². The lowest BCUT2D eigenvalue weighted by molar-refractivity contribution is -0.125. The molecule has 1 N–H and O–H groups in total. The van der Waals surface area contributed by atoms with Gasteiger partial charge in [0.1, 0.15) is 0 Å². The standard InChI is InChI=1S/C20H25N3O4/c1-3-23-19(25)15-10-6-5-9-14(15)18(22-23)20(26)27-12-17(24)21-16-11-7-4-8-13(16)2/h5-6,9-10,13,16H,3-4,7-8,11-12H2,1-2H3,(H,21,24)/t13-,16-/m1/s1. The van der Waals surface area contributed by atoms with Gasteiger partial charge in [-0.25, -0.2) is 9.48 Å². The van der Waals surface area contributed by atoms with Gasteiger partial charge < -0.3 is 10.1 Å². The molecule has 1 saturated carbocycles. The summed E-state index contributed by atoms with van der Waals surface area (Å²) in [6, 6.07) is 6.90. The number of fused-ring (bicyclic) bond motifs is 1. The molecular formula is C20H25N3O4. The first kappa shape index (κ1) is 19.1. The van der Waals surface area contributed by atoms with Gasteiger partial charge in [-0.3, -0.25) is 9.59 Å². The molecular weight excluding hydrogens is 346 g/mol. The third-order valence-corrected chi connectivity index (χ3v) is 5.15. The lowest BCUT2D eigenvalue weighted by Gasteiger charge is -2.29. The van der Waals surface area contributed by atoms with Crippen molar-refractivity contribution in [2.24, 2.45) is 5.92 Å². The fraction of sp³-hybridized carbons (Fsp3) is 0.500. The predicted octanol–water partition coefficient (Wildman–Crippen LogP) is 2.27. The molecule has 0 saturated heterocycles. The summed E-state index contributed by atoms with van der Waals surface area (Å²) in [6.45, 7) is 3.88. The minimum absolute atomic E-state index is 0.0471. The first-order valence-electron chi connectivity index (χ1n) is 9.47. The lowest BCUT2D eigenvalue weighted by atomic mass is 9.86. The van der Waals surface area contributed by atoms with Crippen molar-refractivity contribution >= 4 is 22.6 Å². The maximum atomic E-state index is 12.5. The zero-order valence-electron chi connectivity index (χ0n) is 15.7. The molecule has 1 aromatic heterocycles. The van der Waals surface area contributed by atoms with E-state index in [-0.39, 0.29) is 29.8 Å². The molecule has 1 heterocycles. The van der Waals surface area contributed by atoms with Crippen LogP contribution in [0.2, 0.25) is 0 Å². The SMILES string of the molecule is CCn1nc(C(=O)OCC(=O)N[C@@H]2CCCC[C@H]2C)c2ccccc2c1=O. The highest BCUT2D eigenvalue weighted by atomic mass is 16.5. The number of esters is 1. The molecule has 2 atom stereocenters. The second-order valence-corrected chi connectivity index (χ2v) is 7.03. The van der Waals surface area contributed by atoms with Crippen LogP contribution in [0, 0.1) is 5.92 Å². The predicted molar refractivity (Wildman–Crippen MR) is 102 cm³/mol. The van der Waals surface area contributed by atoms with Crippen LogP contribution >= 0.6 is 0 Å². The molecule has 0 spiro atoms. The highest BCUT2D eigenvalue weighted by molar-refractivity contribution is 6.02. The minimum Gasteiger partial charge on any atom is -0.451 e. The van der Waals surface area contributed by atoms with E-state index in [1.54, 1.807) is 31.2 Å². The van der Waals surface area contributed by atoms with Crippen molar-refractivity contribution in [3.63, 3.8) is 0 Å². The third kappa shape index (κ3) is 4.18. The van der Waals surface area contributed by atoms with Crippen LogP contribution in [0.1, 0.15) is 50.0 Å². The van der Waals surface area contributed by atoms with Gasteiger partial charge >= 0.3 is 5.97 Å². The average Bonchev–Trinajstić information content (AvgIpc) is 2.68. The molecule has 0 radical (unpaired) electrons. The van der Waals surface area contributed by atoms with Crippen molar-refractivity contribution < 1.29 is 14.3 Å². The normalized spacial score (nSPS) is 19.6. The van der Waals surface area contributed by atoms with Gasteiger partial charge in [0.05, 0.1) is 5.39 Å². The number of benzene rings is 1. The molecule has 1 amide bonds. The second kappa shape index (κ2) is 8.33. The first-order valence-corrected chi connectivity index (χ1v) is 9.47. The van der Waals surface area contributed by atoms with Gasteiger partial charge in [0.25, 0.3) is 11.5 Å². The van der Waals surface area contributed by atoms with Crippen LogP contribution in [0.5, 0.6) is 0 Å². The topological polar surface area (TPSA) is 90.3 Å². The summed E-state index contributed by atoms with van der Waals surface area (Å²) in [6.07, 6.45) is 4.34. The molecule has 1 aliphatic carbocycles. The third-order valence-electron chi connectivity index (χ3n) is 5.15. The summed E-state index contributed by atoms with van der Waals surface area (Å²) in [5.74, 6) is -0.590. The Kier molecular flexibility index (Phi) is 5.88. The van der Waals surface area contributed by atoms with E-state index in [2.05, 4.69) is 17.3 Å². The number of carbonyl (C=O) groups excluding carboxylic acids is 2. The first-order chi connectivity index (χ1) is 13.0. The van der Waals surface area contributed by atoms with Crippen molar-refractivity contribution in [2.45, 2.75) is 52.1 Å². The zero-order chi connectivity index (χ0) is 19.4. The Morgan fingerprint density at radius 1 is 1.22 bits per heavy atom. The smallest absolute Gasteiger partial charge is 0.359 e. The Bertz CT molecular complexity index is 906. The number of aromatic nitrogens is 2. The zero-order valence-corrected chi connectivity index (χ0v) is 15.7. The molecule has 2 aromatic rings. The van der Waals surface area contributed by atoms with Gasteiger partial charge in [0, 0.05) is 18.0 Å². The molecule has 0 unspecified atom stereocenters. The summed E-state index contributed by atoms with van der Waals surface area (Å²) in [4.78, 5) is 37.0. The van der Waals surface area contributed by atoms with Gasteiger partial charge in [0.2, 0.25) is 0 Å². The fourth-order valence-corrected chi connectivity index (χ4v) is 3.58. The Morgan fingerprint density at radius 3 is 2.63 bits per heavy atom. The van der Waals surface area contributed by atoms with Crippen LogP contribution in [0.3, 0.4) is 0 Å². The van der Waals surface area contributed by atoms with Gasteiger partial charge in [-0.05, 0) is 31.7 Å². The maximum Gasteiger partial charge on any atom is 0.359 e. The molecule has 0 aliphatic heterocycles. The van der Waals surface area contributed by atoms with Crippen LogP contribution in [0.25, 0.3) is 10.8 Å². The van der Waals surface area contributed by atoms with Crippen molar-refractivity contribution in [3.8, 4) is 0 Å². The highest BCUT2D eigenvalue weighted by Crippen LogP contribution is 2.23. The van der Waals surface area contributed by atoms with Gasteiger partial charge in [0.15, 0.2) is 12.3 Å². The van der Waals surface area contributed by atoms with E-state index in [1.807, 2.05) is 0 Å². The number of rotatable bonds is 5. The second-order valence-electron chi connectivity index (χ2n) is 7.03. The number of nitrogens with one attached hydrogen (secondary N) is 1. The van der Waals surface area contributed by atoms with Crippen molar-refractivity contribution in [2.75, 3.05) is 6.61 Å². The van der Waals surface area contributed by atoms with E-state index in [4.69, 9.17) is 4.74 Å². The van der Waals surface area contributed by atoms with Crippen LogP contribution in [-0.4, -0.2) is 34.3 Å². The van der Waals surface area contributed by atoms with E-state index in [1.165, 1.54) is 11.1 Å². The minimum atomic E-state index is -0.708. The summed E-state index contributed by atoms with van der Waals surface area (Å²) >= 11 is 0. The molecule has 27 heavy (non-hydrogen) atoms. The Balaban J connectivity index is 1.72. The largest absolute Gasteiger partial charge is 0.451 e. The summed E-state index contributed by atoms with van der Waals surface area (Å²) in [7, 11) is 0. The van der Waals surface area contributed by atoms with Gasteiger partial charge in [-0.2, -0.15) is 5.10 Å². The summed E-state index contributed by atoms with van der Waals surface area (Å²) in [5.41, 5.74) is -0.209. The van der Waals surface area contributed by atoms with E-state index in [0.29, 0.717) is 23.2 Å². The van der Waals surface area contributed by atoms with E-state index in [0.717, 1.165) is 19.3 Å². The number of hydrogen-bond acceptors (Lipinski definition) is 5. The van der Waals surface area contributed by atoms with Crippen molar-refractivity contribution in [1.82, 2.24) is 15.1 Å². The Hall–Kier alpha value is -2.70. The monoisotopic (exact) mass is 371 g/mol. The summed E-state index contributed by atoms with van der Waals surface area (Å²) in [5, 5.41) is 7.91. The number of hydrogen-bond donors (Lipinski definition) is 1. The Labute approximate surface area is 157 Å². The number of carbonyl (C=O) groups is 2. The fourth-order valence-electron chi connectivity index (χ4n) is 3.58. The number of aryl methyl sites for hydroxylation is 1. The molecule has 1 aromatic carbocycles. The number of ether oxygens (including phenoxy) is 1. The highest BCUT2D eigenvalue weighted by Gasteiger charge is 2.24. The molecule has 0 bridgehead atoms. The molecule has 144 valence electrons. The maximum absolute atomic E-state index is 12.5. The van der Waals surface area contributed by atoms with Gasteiger partial charge in [-0.15, -0.1) is 0 Å². The van der Waals surface area contributed by atoms with E-state index < -0.39 is 5.97 Å². The van der Waals surface area contributed by atoms with E-state index >= 15 is 0 Å². The van der Waals surface area contributed by atoms with Crippen LogP contribution in [-0.2, 0) is 16.1 Å². The van der Waals surface area contributed by atoms with Crippen LogP contribution < -0.4 is 10.9 Å². The van der Waals surface area contributed by atoms with Crippen LogP contribution in [0.4, 0.5) is 0 Å². The lowest BCUT2D eigenvalue weighted by Crippen LogP contribution is -2.43. The van der Waals surface area contributed by atoms with Crippen LogP contribution in [0.15, 0.2) is 29.1 Å². The molecule has 7 nitrogen and oxygen atoms in total. The van der Waals surface area contributed by atoms with Crippen molar-refractivity contribution in [1.29, 1.82) is 0 Å². The number of nitrogens with zero attached hydrogens (tertiary/aromatic N) is 2. The molecule has 1 aliphatic rings. The number of amides is 1. The molecule has 1 fully saturated rings. The average molecular weight is 371 g/mol. The van der Waals surface area contributed by atoms with Gasteiger partial charge in [-0.1, -0.05) is 38.0 Å². The molecule has 7 heteroatoms. The molecule has 3 rings (SSSR count).